The largest absolute Gasteiger partial charge is 0.459 e. The number of pyridine rings is 2. The van der Waals surface area contributed by atoms with Gasteiger partial charge in [0, 0.05) is 28.8 Å². The molecule has 2 aromatic heterocycles. The first-order valence-corrected chi connectivity index (χ1v) is 7.57. The van der Waals surface area contributed by atoms with Crippen LogP contribution in [0.15, 0.2) is 24.3 Å². The molecule has 120 valence electrons. The lowest BCUT2D eigenvalue weighted by atomic mass is 9.98. The lowest BCUT2D eigenvalue weighted by Gasteiger charge is -2.13. The normalized spacial score (nSPS) is 13.2. The second-order valence-electron chi connectivity index (χ2n) is 5.70. The van der Waals surface area contributed by atoms with Crippen molar-refractivity contribution in [2.75, 3.05) is 0 Å². The highest BCUT2D eigenvalue weighted by molar-refractivity contribution is 6.18. The number of hydrogen-bond acceptors (Lipinski definition) is 6. The van der Waals surface area contributed by atoms with Crippen LogP contribution >= 0.6 is 0 Å². The Kier molecular flexibility index (Phi) is 3.19. The number of esters is 2. The molecule has 0 N–H and O–H groups in total. The first kappa shape index (κ1) is 14.6. The van der Waals surface area contributed by atoms with Gasteiger partial charge in [-0.25, -0.2) is 9.78 Å². The maximum Gasteiger partial charge on any atom is 0.341 e. The summed E-state index contributed by atoms with van der Waals surface area (Å²) in [6.07, 6.45) is 0. The van der Waals surface area contributed by atoms with Crippen molar-refractivity contribution in [2.45, 2.75) is 27.1 Å². The van der Waals surface area contributed by atoms with Gasteiger partial charge in [-0.1, -0.05) is 18.2 Å². The Morgan fingerprint density at radius 2 is 2.04 bits per heavy atom. The van der Waals surface area contributed by atoms with E-state index in [0.717, 1.165) is 27.4 Å². The average Bonchev–Trinajstić information content (AvgIpc) is 2.93. The van der Waals surface area contributed by atoms with E-state index >= 15 is 0 Å². The summed E-state index contributed by atoms with van der Waals surface area (Å²) in [7, 11) is 0. The van der Waals surface area contributed by atoms with E-state index in [1.807, 2.05) is 31.2 Å². The van der Waals surface area contributed by atoms with Crippen LogP contribution in [0.1, 0.15) is 34.4 Å². The Balaban J connectivity index is 2.14. The minimum Gasteiger partial charge on any atom is -0.459 e. The van der Waals surface area contributed by atoms with Gasteiger partial charge < -0.3 is 9.47 Å². The summed E-state index contributed by atoms with van der Waals surface area (Å²) < 4.78 is 10.3. The summed E-state index contributed by atoms with van der Waals surface area (Å²) in [6.45, 7) is 3.43. The molecule has 24 heavy (non-hydrogen) atoms. The highest BCUT2D eigenvalue weighted by atomic mass is 16.5. The van der Waals surface area contributed by atoms with Crippen LogP contribution in [-0.2, 0) is 27.5 Å². The van der Waals surface area contributed by atoms with Gasteiger partial charge >= 0.3 is 11.9 Å². The van der Waals surface area contributed by atoms with Crippen molar-refractivity contribution < 1.29 is 19.1 Å². The minimum atomic E-state index is -0.385. The Hall–Kier alpha value is -3.02. The van der Waals surface area contributed by atoms with Crippen LogP contribution in [0.25, 0.3) is 21.7 Å². The van der Waals surface area contributed by atoms with Crippen LogP contribution in [0, 0.1) is 6.92 Å². The number of aromatic nitrogens is 2. The van der Waals surface area contributed by atoms with Gasteiger partial charge in [-0.05, 0) is 13.0 Å². The summed E-state index contributed by atoms with van der Waals surface area (Å²) in [5.41, 5.74) is 3.19. The molecule has 1 aliphatic rings. The molecule has 0 aliphatic carbocycles. The number of carbonyl (C=O) groups excluding carboxylic acids is 2. The maximum absolute atomic E-state index is 12.2. The van der Waals surface area contributed by atoms with E-state index in [2.05, 4.69) is 9.97 Å². The van der Waals surface area contributed by atoms with E-state index in [1.165, 1.54) is 6.92 Å². The number of aryl methyl sites for hydroxylation is 1. The van der Waals surface area contributed by atoms with Gasteiger partial charge in [-0.3, -0.25) is 9.78 Å². The highest BCUT2D eigenvalue weighted by Gasteiger charge is 2.29. The minimum absolute atomic E-state index is 0.0347. The number of carbonyl (C=O) groups is 2. The zero-order valence-electron chi connectivity index (χ0n) is 13.3. The van der Waals surface area contributed by atoms with Crippen molar-refractivity contribution in [3.05, 3.63) is 46.9 Å². The third-order valence-corrected chi connectivity index (χ3v) is 4.13. The molecule has 0 saturated heterocycles. The molecule has 0 radical (unpaired) electrons. The predicted molar refractivity (Wildman–Crippen MR) is 86.4 cm³/mol. The number of benzene rings is 1. The van der Waals surface area contributed by atoms with Crippen LogP contribution in [0.2, 0.25) is 0 Å². The standard InChI is InChI=1S/C18H14N2O4/c1-9-15-13(7-23-10(2)21)20-12-6-4-3-5-11(12)16(15)17-14(19-9)8-24-18(17)22/h3-6H,7-8H2,1-2H3. The predicted octanol–water partition coefficient (Wildman–Crippen LogP) is 2.82. The summed E-state index contributed by atoms with van der Waals surface area (Å²) in [5.74, 6) is -0.762. The van der Waals surface area contributed by atoms with Crippen molar-refractivity contribution in [3.8, 4) is 0 Å². The Labute approximate surface area is 137 Å². The molecule has 0 bridgehead atoms. The second-order valence-corrected chi connectivity index (χ2v) is 5.70. The molecule has 1 aromatic carbocycles. The number of rotatable bonds is 2. The van der Waals surface area contributed by atoms with E-state index in [-0.39, 0.29) is 25.2 Å². The Bertz CT molecular complexity index is 1030. The van der Waals surface area contributed by atoms with Crippen molar-refractivity contribution >= 4 is 33.6 Å². The summed E-state index contributed by atoms with van der Waals surface area (Å²) >= 11 is 0. The first-order chi connectivity index (χ1) is 11.6. The first-order valence-electron chi connectivity index (χ1n) is 7.57. The molecule has 0 spiro atoms. The number of fused-ring (bicyclic) bond motifs is 5. The quantitative estimate of drug-likeness (QED) is 0.533. The second kappa shape index (κ2) is 5.26. The topological polar surface area (TPSA) is 78.4 Å². The summed E-state index contributed by atoms with van der Waals surface area (Å²) in [4.78, 5) is 32.6. The smallest absolute Gasteiger partial charge is 0.341 e. The van der Waals surface area contributed by atoms with E-state index in [4.69, 9.17) is 9.47 Å². The number of para-hydroxylation sites is 1. The molecular weight excluding hydrogens is 308 g/mol. The van der Waals surface area contributed by atoms with Gasteiger partial charge in [-0.2, -0.15) is 0 Å². The zero-order valence-corrected chi connectivity index (χ0v) is 13.3. The van der Waals surface area contributed by atoms with Crippen LogP contribution in [0.5, 0.6) is 0 Å². The van der Waals surface area contributed by atoms with E-state index < -0.39 is 0 Å². The van der Waals surface area contributed by atoms with Gasteiger partial charge in [0.25, 0.3) is 0 Å². The molecule has 0 amide bonds. The molecule has 6 nitrogen and oxygen atoms in total. The van der Waals surface area contributed by atoms with Crippen molar-refractivity contribution in [2.24, 2.45) is 0 Å². The number of cyclic esters (lactones) is 1. The fourth-order valence-electron chi connectivity index (χ4n) is 3.18. The van der Waals surface area contributed by atoms with Gasteiger partial charge in [0.05, 0.1) is 22.5 Å². The zero-order chi connectivity index (χ0) is 16.8. The van der Waals surface area contributed by atoms with Gasteiger partial charge in [-0.15, -0.1) is 0 Å². The summed E-state index contributed by atoms with van der Waals surface area (Å²) in [5, 5.41) is 2.37. The van der Waals surface area contributed by atoms with Crippen LogP contribution < -0.4 is 0 Å². The number of nitrogens with zero attached hydrogens (tertiary/aromatic N) is 2. The lowest BCUT2D eigenvalue weighted by molar-refractivity contribution is -0.142. The Morgan fingerprint density at radius 3 is 2.83 bits per heavy atom. The van der Waals surface area contributed by atoms with Gasteiger partial charge in [0.2, 0.25) is 0 Å². The average molecular weight is 322 g/mol. The van der Waals surface area contributed by atoms with E-state index in [9.17, 15) is 9.59 Å². The maximum atomic E-state index is 12.2. The number of hydrogen-bond donors (Lipinski definition) is 0. The van der Waals surface area contributed by atoms with Crippen LogP contribution in [-0.4, -0.2) is 21.9 Å². The molecule has 3 aromatic rings. The van der Waals surface area contributed by atoms with Crippen molar-refractivity contribution in [1.82, 2.24) is 9.97 Å². The third kappa shape index (κ3) is 2.11. The summed E-state index contributed by atoms with van der Waals surface area (Å²) in [6, 6.07) is 7.57. The van der Waals surface area contributed by atoms with E-state index in [1.54, 1.807) is 0 Å². The fourth-order valence-corrected chi connectivity index (χ4v) is 3.18. The third-order valence-electron chi connectivity index (χ3n) is 4.13. The molecule has 0 fully saturated rings. The van der Waals surface area contributed by atoms with Crippen molar-refractivity contribution in [1.29, 1.82) is 0 Å². The number of ether oxygens (including phenoxy) is 2. The van der Waals surface area contributed by atoms with E-state index in [0.29, 0.717) is 17.0 Å². The van der Waals surface area contributed by atoms with Crippen molar-refractivity contribution in [3.63, 3.8) is 0 Å². The molecule has 3 heterocycles. The molecule has 1 aliphatic heterocycles. The molecule has 0 atom stereocenters. The monoisotopic (exact) mass is 322 g/mol. The molecule has 0 unspecified atom stereocenters. The van der Waals surface area contributed by atoms with Gasteiger partial charge in [0.15, 0.2) is 0 Å². The molecule has 0 saturated carbocycles. The Morgan fingerprint density at radius 1 is 1.25 bits per heavy atom. The van der Waals surface area contributed by atoms with Crippen LogP contribution in [0.3, 0.4) is 0 Å². The highest BCUT2D eigenvalue weighted by Crippen LogP contribution is 2.35. The lowest BCUT2D eigenvalue weighted by Crippen LogP contribution is -2.06. The van der Waals surface area contributed by atoms with Gasteiger partial charge in [0.1, 0.15) is 13.2 Å². The molecular formula is C18H14N2O4. The molecule has 4 rings (SSSR count). The fraction of sp³-hybridized carbons (Fsp3) is 0.222. The molecule has 6 heteroatoms. The van der Waals surface area contributed by atoms with Crippen LogP contribution in [0.4, 0.5) is 0 Å². The SMILES string of the molecule is CC(=O)OCc1nc2ccccc2c2c3c(nc(C)c12)COC3=O.